The van der Waals surface area contributed by atoms with Gasteiger partial charge in [0.15, 0.2) is 5.78 Å². The van der Waals surface area contributed by atoms with Crippen molar-refractivity contribution in [1.29, 1.82) is 0 Å². The number of pyridine rings is 2. The first-order valence-electron chi connectivity index (χ1n) is 12.9. The predicted octanol–water partition coefficient (Wildman–Crippen LogP) is 5.86. The number of rotatable bonds is 4. The highest BCUT2D eigenvalue weighted by Crippen LogP contribution is 2.43. The van der Waals surface area contributed by atoms with Gasteiger partial charge in [0.1, 0.15) is 17.0 Å². The highest BCUT2D eigenvalue weighted by Gasteiger charge is 2.45. The first-order chi connectivity index (χ1) is 19.0. The van der Waals surface area contributed by atoms with E-state index >= 15 is 0 Å². The summed E-state index contributed by atoms with van der Waals surface area (Å²) in [5.74, 6) is 0.119. The molecule has 0 N–H and O–H groups in total. The van der Waals surface area contributed by atoms with E-state index in [-0.39, 0.29) is 11.8 Å². The zero-order valence-corrected chi connectivity index (χ0v) is 23.9. The number of hydrogen-bond acceptors (Lipinski definition) is 7. The first-order valence-corrected chi connectivity index (χ1v) is 13.9. The molecule has 0 saturated carbocycles. The lowest BCUT2D eigenvalue weighted by Crippen LogP contribution is -2.45. The summed E-state index contributed by atoms with van der Waals surface area (Å²) in [5.41, 5.74) is 2.79. The van der Waals surface area contributed by atoms with Crippen molar-refractivity contribution >= 4 is 40.6 Å². The molecule has 4 heterocycles. The van der Waals surface area contributed by atoms with Crippen molar-refractivity contribution in [3.05, 3.63) is 84.6 Å². The topological polar surface area (TPSA) is 97.6 Å². The average molecular weight is 558 g/mol. The van der Waals surface area contributed by atoms with Crippen molar-refractivity contribution in [2.75, 3.05) is 19.8 Å². The van der Waals surface area contributed by atoms with Crippen LogP contribution < -0.4 is 0 Å². The van der Waals surface area contributed by atoms with Crippen LogP contribution in [0.15, 0.2) is 73.4 Å². The Balaban J connectivity index is 1.59. The third-order valence-electron chi connectivity index (χ3n) is 6.53. The summed E-state index contributed by atoms with van der Waals surface area (Å²) in [6, 6.07) is 12.0. The van der Waals surface area contributed by atoms with Gasteiger partial charge in [-0.3, -0.25) is 24.2 Å². The number of aromatic nitrogens is 3. The van der Waals surface area contributed by atoms with E-state index in [9.17, 15) is 14.4 Å². The van der Waals surface area contributed by atoms with Gasteiger partial charge >= 0.3 is 12.1 Å². The van der Waals surface area contributed by atoms with Crippen LogP contribution in [0.2, 0.25) is 0 Å². The molecule has 1 unspecified atom stereocenters. The SMILES string of the molecule is CN(C)C(=O)n1cc(C(=O)[C@@H]2CSC(c3cccnc3)N2C(=O)OC(C)(C)C)c2ccc(-c3cccnc3)cc21. The van der Waals surface area contributed by atoms with Gasteiger partial charge in [0.05, 0.1) is 5.52 Å². The number of carbonyl (C=O) groups excluding carboxylic acids is 3. The number of fused-ring (bicyclic) bond motifs is 1. The molecule has 1 aliphatic heterocycles. The van der Waals surface area contributed by atoms with Crippen LogP contribution in [-0.4, -0.2) is 73.7 Å². The monoisotopic (exact) mass is 557 g/mol. The number of amides is 2. The number of ether oxygens (including phenoxy) is 1. The van der Waals surface area contributed by atoms with Crippen molar-refractivity contribution in [1.82, 2.24) is 24.3 Å². The lowest BCUT2D eigenvalue weighted by atomic mass is 10.0. The fourth-order valence-corrected chi connectivity index (χ4v) is 6.12. The van der Waals surface area contributed by atoms with E-state index in [0.717, 1.165) is 16.7 Å². The van der Waals surface area contributed by atoms with Crippen LogP contribution in [0.5, 0.6) is 0 Å². The summed E-state index contributed by atoms with van der Waals surface area (Å²) in [7, 11) is 3.33. The maximum absolute atomic E-state index is 14.3. The van der Waals surface area contributed by atoms with Gasteiger partial charge in [-0.05, 0) is 44.5 Å². The molecule has 3 aromatic heterocycles. The summed E-state index contributed by atoms with van der Waals surface area (Å²) in [6.07, 6.45) is 7.82. The second-order valence-corrected chi connectivity index (χ2v) is 11.9. The van der Waals surface area contributed by atoms with E-state index in [1.165, 1.54) is 26.1 Å². The smallest absolute Gasteiger partial charge is 0.412 e. The Morgan fingerprint density at radius 2 is 1.73 bits per heavy atom. The van der Waals surface area contributed by atoms with Crippen LogP contribution >= 0.6 is 11.8 Å². The van der Waals surface area contributed by atoms with Gasteiger partial charge in [0, 0.05) is 72.9 Å². The van der Waals surface area contributed by atoms with Crippen LogP contribution in [0.3, 0.4) is 0 Å². The van der Waals surface area contributed by atoms with E-state index in [1.54, 1.807) is 71.9 Å². The molecule has 1 fully saturated rings. The summed E-state index contributed by atoms with van der Waals surface area (Å²) < 4.78 is 7.23. The maximum atomic E-state index is 14.3. The number of hydrogen-bond donors (Lipinski definition) is 0. The number of nitrogens with zero attached hydrogens (tertiary/aromatic N) is 5. The molecule has 0 radical (unpaired) electrons. The molecule has 9 nitrogen and oxygen atoms in total. The molecule has 0 bridgehead atoms. The van der Waals surface area contributed by atoms with Gasteiger partial charge < -0.3 is 9.64 Å². The Labute approximate surface area is 237 Å². The van der Waals surface area contributed by atoms with Gasteiger partial charge in [-0.25, -0.2) is 9.59 Å². The van der Waals surface area contributed by atoms with Crippen LogP contribution in [-0.2, 0) is 4.74 Å². The minimum atomic E-state index is -0.795. The van der Waals surface area contributed by atoms with E-state index in [1.807, 2.05) is 36.4 Å². The van der Waals surface area contributed by atoms with Crippen molar-refractivity contribution in [3.8, 4) is 11.1 Å². The van der Waals surface area contributed by atoms with Crippen LogP contribution in [0.1, 0.15) is 42.1 Å². The fourth-order valence-electron chi connectivity index (χ4n) is 4.71. The zero-order valence-electron chi connectivity index (χ0n) is 23.1. The summed E-state index contributed by atoms with van der Waals surface area (Å²) in [5, 5.41) is 0.193. The number of benzene rings is 1. The van der Waals surface area contributed by atoms with Gasteiger partial charge in [-0.1, -0.05) is 24.3 Å². The van der Waals surface area contributed by atoms with Crippen molar-refractivity contribution in [2.24, 2.45) is 0 Å². The van der Waals surface area contributed by atoms with E-state index in [4.69, 9.17) is 4.74 Å². The molecule has 10 heteroatoms. The predicted molar refractivity (Wildman–Crippen MR) is 155 cm³/mol. The molecule has 1 aromatic carbocycles. The Kier molecular flexibility index (Phi) is 7.37. The van der Waals surface area contributed by atoms with Gasteiger partial charge in [-0.2, -0.15) is 0 Å². The highest BCUT2D eigenvalue weighted by atomic mass is 32.2. The van der Waals surface area contributed by atoms with Crippen molar-refractivity contribution in [3.63, 3.8) is 0 Å². The van der Waals surface area contributed by atoms with Crippen LogP contribution in [0.25, 0.3) is 22.0 Å². The molecule has 2 amide bonds. The standard InChI is InChI=1S/C30H31N5O4S/c1-30(2,3)39-29(38)35-25(18-40-27(35)21-9-7-13-32-16-21)26(36)23-17-34(28(37)33(4)5)24-14-19(10-11-22(23)24)20-8-6-12-31-15-20/h6-17,25,27H,18H2,1-5H3/t25-,27?/m0/s1. The molecule has 1 saturated heterocycles. The minimum Gasteiger partial charge on any atom is -0.444 e. The Morgan fingerprint density at radius 3 is 2.35 bits per heavy atom. The number of thioether (sulfide) groups is 1. The molecular formula is C30H31N5O4S. The Bertz CT molecular complexity index is 1560. The van der Waals surface area contributed by atoms with Crippen molar-refractivity contribution < 1.29 is 19.1 Å². The van der Waals surface area contributed by atoms with Gasteiger partial charge in [0.2, 0.25) is 0 Å². The lowest BCUT2D eigenvalue weighted by molar-refractivity contribution is 0.0173. The first kappa shape index (κ1) is 27.4. The molecule has 5 rings (SSSR count). The lowest BCUT2D eigenvalue weighted by Gasteiger charge is -2.31. The zero-order chi connectivity index (χ0) is 28.6. The molecule has 0 aliphatic carbocycles. The van der Waals surface area contributed by atoms with Crippen LogP contribution in [0, 0.1) is 0 Å². The van der Waals surface area contributed by atoms with E-state index in [0.29, 0.717) is 22.2 Å². The largest absolute Gasteiger partial charge is 0.444 e. The van der Waals surface area contributed by atoms with Crippen LogP contribution in [0.4, 0.5) is 9.59 Å². The summed E-state index contributed by atoms with van der Waals surface area (Å²) >= 11 is 1.49. The number of carbonyl (C=O) groups is 3. The number of Topliss-reactive ketones (excluding diaryl/α,β-unsaturated/α-hetero) is 1. The third kappa shape index (κ3) is 5.31. The second-order valence-electron chi connectivity index (χ2n) is 10.8. The fraction of sp³-hybridized carbons (Fsp3) is 0.300. The molecule has 1 aliphatic rings. The average Bonchev–Trinajstić information content (AvgIpc) is 3.54. The summed E-state index contributed by atoms with van der Waals surface area (Å²) in [4.78, 5) is 52.3. The highest BCUT2D eigenvalue weighted by molar-refractivity contribution is 7.99. The van der Waals surface area contributed by atoms with Gasteiger partial charge in [0.25, 0.3) is 0 Å². The summed E-state index contributed by atoms with van der Waals surface area (Å²) in [6.45, 7) is 5.39. The molecule has 206 valence electrons. The third-order valence-corrected chi connectivity index (χ3v) is 7.85. The maximum Gasteiger partial charge on any atom is 0.412 e. The van der Waals surface area contributed by atoms with E-state index in [2.05, 4.69) is 9.97 Å². The molecular weight excluding hydrogens is 526 g/mol. The molecule has 40 heavy (non-hydrogen) atoms. The van der Waals surface area contributed by atoms with E-state index < -0.39 is 23.1 Å². The Morgan fingerprint density at radius 1 is 1.00 bits per heavy atom. The molecule has 2 atom stereocenters. The molecule has 4 aromatic rings. The van der Waals surface area contributed by atoms with Gasteiger partial charge in [-0.15, -0.1) is 11.8 Å². The minimum absolute atomic E-state index is 0.255. The Hall–Kier alpha value is -4.18. The normalized spacial score (nSPS) is 17.2. The number of ketones is 1. The van der Waals surface area contributed by atoms with Crippen molar-refractivity contribution in [2.45, 2.75) is 37.8 Å². The quantitative estimate of drug-likeness (QED) is 0.290. The second kappa shape index (κ2) is 10.8. The molecule has 0 spiro atoms.